The maximum absolute atomic E-state index is 13.6. The molecule has 3 aromatic rings. The molecule has 5 rings (SSSR count). The number of rotatable bonds is 11. The third kappa shape index (κ3) is 5.49. The van der Waals surface area contributed by atoms with E-state index >= 15 is 0 Å². The minimum Gasteiger partial charge on any atom is -0.457 e. The summed E-state index contributed by atoms with van der Waals surface area (Å²) in [7, 11) is 0. The number of pyridine rings is 2. The first-order valence-corrected chi connectivity index (χ1v) is 14.1. The number of cyclic esters (lactones) is 1. The SMILES string of the molecule is CC[C@@]1(OC(=O)CNC(=O)CCCCCNC(=O)CN)C(=O)OCc2c1cc1n(c2=O)Cc2cc3ccccc3nc2-1. The van der Waals surface area contributed by atoms with Crippen LogP contribution in [-0.2, 0) is 47.4 Å². The van der Waals surface area contributed by atoms with Crippen molar-refractivity contribution in [2.24, 2.45) is 5.73 Å². The van der Waals surface area contributed by atoms with E-state index in [1.165, 1.54) is 0 Å². The molecule has 1 atom stereocenters. The van der Waals surface area contributed by atoms with Crippen molar-refractivity contribution >= 4 is 34.7 Å². The van der Waals surface area contributed by atoms with Gasteiger partial charge in [-0.2, -0.15) is 0 Å². The highest BCUT2D eigenvalue weighted by Crippen LogP contribution is 2.40. The predicted molar refractivity (Wildman–Crippen MR) is 152 cm³/mol. The molecule has 42 heavy (non-hydrogen) atoms. The van der Waals surface area contributed by atoms with Crippen molar-refractivity contribution < 1.29 is 28.7 Å². The third-order valence-corrected chi connectivity index (χ3v) is 7.69. The van der Waals surface area contributed by atoms with Crippen molar-refractivity contribution in [1.82, 2.24) is 20.2 Å². The van der Waals surface area contributed by atoms with Crippen LogP contribution in [0.5, 0.6) is 0 Å². The van der Waals surface area contributed by atoms with E-state index in [1.54, 1.807) is 17.6 Å². The first kappa shape index (κ1) is 28.9. The zero-order chi connectivity index (χ0) is 29.9. The minimum atomic E-state index is -1.84. The van der Waals surface area contributed by atoms with Gasteiger partial charge in [0.15, 0.2) is 0 Å². The van der Waals surface area contributed by atoms with Crippen LogP contribution >= 0.6 is 0 Å². The Kier molecular flexibility index (Phi) is 8.34. The van der Waals surface area contributed by atoms with Gasteiger partial charge in [-0.3, -0.25) is 19.2 Å². The standard InChI is InChI=1S/C30H33N5O7/c1-2-30(42-26(38)15-33-24(36)10-4-3-7-11-32-25(37)14-31)21-13-23-27-19(12-18-8-5-6-9-22(18)34-27)16-35(23)28(39)20(21)17-41-29(30)40/h5-6,8-9,12-13H,2-4,7,10-11,14-17,31H2,1H3,(H,32,37)(H,33,36)/t30-/m0/s1. The number of nitrogens with one attached hydrogen (secondary N) is 2. The molecule has 0 bridgehead atoms. The molecule has 4 N–H and O–H groups in total. The Morgan fingerprint density at radius 2 is 1.90 bits per heavy atom. The second-order valence-corrected chi connectivity index (χ2v) is 10.4. The summed E-state index contributed by atoms with van der Waals surface area (Å²) in [6, 6.07) is 11.4. The fourth-order valence-electron chi connectivity index (χ4n) is 5.46. The van der Waals surface area contributed by atoms with E-state index in [-0.39, 0.29) is 54.5 Å². The van der Waals surface area contributed by atoms with Gasteiger partial charge in [0.1, 0.15) is 13.2 Å². The Morgan fingerprint density at radius 3 is 2.69 bits per heavy atom. The van der Waals surface area contributed by atoms with Gasteiger partial charge in [-0.25, -0.2) is 9.78 Å². The van der Waals surface area contributed by atoms with Crippen molar-refractivity contribution in [1.29, 1.82) is 0 Å². The Hall–Kier alpha value is -4.58. The molecule has 2 aliphatic heterocycles. The average Bonchev–Trinajstić information content (AvgIpc) is 3.35. The average molecular weight is 576 g/mol. The van der Waals surface area contributed by atoms with Gasteiger partial charge in [0.05, 0.1) is 35.6 Å². The summed E-state index contributed by atoms with van der Waals surface area (Å²) in [5.41, 5.74) is 6.42. The van der Waals surface area contributed by atoms with Crippen molar-refractivity contribution in [3.63, 3.8) is 0 Å². The van der Waals surface area contributed by atoms with Crippen LogP contribution in [0.2, 0.25) is 0 Å². The van der Waals surface area contributed by atoms with Gasteiger partial charge in [-0.05, 0) is 37.5 Å². The molecule has 2 aromatic heterocycles. The number of amides is 2. The number of esters is 2. The van der Waals surface area contributed by atoms with Gasteiger partial charge >= 0.3 is 11.9 Å². The molecule has 0 fully saturated rings. The zero-order valence-electron chi connectivity index (χ0n) is 23.4. The molecule has 12 heteroatoms. The fraction of sp³-hybridized carbons (Fsp3) is 0.400. The normalized spacial score (nSPS) is 16.7. The van der Waals surface area contributed by atoms with Crippen molar-refractivity contribution in [2.75, 3.05) is 19.6 Å². The van der Waals surface area contributed by atoms with Crippen LogP contribution in [0.4, 0.5) is 0 Å². The van der Waals surface area contributed by atoms with Gasteiger partial charge in [0.25, 0.3) is 5.56 Å². The molecule has 0 unspecified atom stereocenters. The second-order valence-electron chi connectivity index (χ2n) is 10.4. The number of carbonyl (C=O) groups is 4. The quantitative estimate of drug-likeness (QED) is 0.176. The van der Waals surface area contributed by atoms with E-state index in [1.807, 2.05) is 30.3 Å². The van der Waals surface area contributed by atoms with Crippen LogP contribution in [0, 0.1) is 0 Å². The number of unbranched alkanes of at least 4 members (excludes halogenated alkanes) is 2. The topological polar surface area (TPSA) is 172 Å². The molecule has 12 nitrogen and oxygen atoms in total. The van der Waals surface area contributed by atoms with Crippen molar-refractivity contribution in [2.45, 2.75) is 57.8 Å². The minimum absolute atomic E-state index is 0.0279. The Bertz CT molecular complexity index is 1630. The summed E-state index contributed by atoms with van der Waals surface area (Å²) in [6.45, 7) is 1.73. The lowest BCUT2D eigenvalue weighted by atomic mass is 9.85. The number of nitrogens with two attached hydrogens (primary N) is 1. The van der Waals surface area contributed by atoms with Crippen LogP contribution in [0.3, 0.4) is 0 Å². The Labute approximate surface area is 241 Å². The van der Waals surface area contributed by atoms with E-state index in [9.17, 15) is 24.0 Å². The smallest absolute Gasteiger partial charge is 0.355 e. The maximum Gasteiger partial charge on any atom is 0.355 e. The highest BCUT2D eigenvalue weighted by Gasteiger charge is 2.50. The summed E-state index contributed by atoms with van der Waals surface area (Å²) in [4.78, 5) is 67.9. The molecule has 0 saturated carbocycles. The van der Waals surface area contributed by atoms with Crippen LogP contribution in [-0.4, -0.2) is 52.9 Å². The van der Waals surface area contributed by atoms with Crippen molar-refractivity contribution in [3.8, 4) is 11.4 Å². The lowest BCUT2D eigenvalue weighted by Gasteiger charge is -2.35. The second kappa shape index (κ2) is 12.1. The van der Waals surface area contributed by atoms with Gasteiger partial charge < -0.3 is 30.4 Å². The number of para-hydroxylation sites is 1. The summed E-state index contributed by atoms with van der Waals surface area (Å²) in [5.74, 6) is -2.18. The molecular formula is C30H33N5O7. The number of carbonyl (C=O) groups excluding carboxylic acids is 4. The van der Waals surface area contributed by atoms with Crippen LogP contribution in [0.1, 0.15) is 55.7 Å². The Morgan fingerprint density at radius 1 is 1.10 bits per heavy atom. The number of nitrogens with zero attached hydrogens (tertiary/aromatic N) is 2. The number of hydrogen-bond acceptors (Lipinski definition) is 9. The van der Waals surface area contributed by atoms with Crippen LogP contribution < -0.4 is 21.9 Å². The number of fused-ring (bicyclic) bond motifs is 5. The largest absolute Gasteiger partial charge is 0.457 e. The lowest BCUT2D eigenvalue weighted by Crippen LogP contribution is -2.48. The highest BCUT2D eigenvalue weighted by atomic mass is 16.6. The highest BCUT2D eigenvalue weighted by molar-refractivity contribution is 5.89. The first-order valence-electron chi connectivity index (χ1n) is 14.1. The van der Waals surface area contributed by atoms with Gasteiger partial charge in [-0.15, -0.1) is 0 Å². The molecule has 0 saturated heterocycles. The lowest BCUT2D eigenvalue weighted by molar-refractivity contribution is -0.189. The van der Waals surface area contributed by atoms with E-state index in [4.69, 9.17) is 20.2 Å². The molecule has 1 aromatic carbocycles. The maximum atomic E-state index is 13.6. The summed E-state index contributed by atoms with van der Waals surface area (Å²) < 4.78 is 12.7. The predicted octanol–water partition coefficient (Wildman–Crippen LogP) is 1.38. The van der Waals surface area contributed by atoms with Crippen LogP contribution in [0.25, 0.3) is 22.3 Å². The molecule has 220 valence electrons. The number of benzene rings is 1. The summed E-state index contributed by atoms with van der Waals surface area (Å²) >= 11 is 0. The molecule has 4 heterocycles. The fourth-order valence-corrected chi connectivity index (χ4v) is 5.46. The van der Waals surface area contributed by atoms with Gasteiger partial charge in [0.2, 0.25) is 17.4 Å². The Balaban J connectivity index is 1.30. The van der Waals surface area contributed by atoms with E-state index < -0.39 is 24.1 Å². The van der Waals surface area contributed by atoms with E-state index in [2.05, 4.69) is 10.6 Å². The molecule has 2 aliphatic rings. The van der Waals surface area contributed by atoms with Gasteiger partial charge in [0, 0.05) is 29.5 Å². The molecule has 0 aliphatic carbocycles. The van der Waals surface area contributed by atoms with E-state index in [0.717, 1.165) is 16.5 Å². The number of ether oxygens (including phenoxy) is 2. The van der Waals surface area contributed by atoms with Crippen molar-refractivity contribution in [3.05, 3.63) is 63.4 Å². The first-order chi connectivity index (χ1) is 20.3. The molecule has 0 radical (unpaired) electrons. The summed E-state index contributed by atoms with van der Waals surface area (Å²) in [6.07, 6.45) is 2.18. The molecule has 0 spiro atoms. The van der Waals surface area contributed by atoms with Crippen LogP contribution in [0.15, 0.2) is 41.2 Å². The third-order valence-electron chi connectivity index (χ3n) is 7.69. The number of hydrogen-bond donors (Lipinski definition) is 3. The summed E-state index contributed by atoms with van der Waals surface area (Å²) in [5, 5.41) is 6.14. The van der Waals surface area contributed by atoms with E-state index in [0.29, 0.717) is 43.7 Å². The molecular weight excluding hydrogens is 542 g/mol. The zero-order valence-corrected chi connectivity index (χ0v) is 23.4. The molecule has 2 amide bonds. The van der Waals surface area contributed by atoms with Gasteiger partial charge in [-0.1, -0.05) is 31.5 Å². The number of aromatic nitrogens is 2. The monoisotopic (exact) mass is 575 g/mol.